The number of likely N-dealkylation sites (N-methyl/N-ethyl adjacent to an activating group) is 1. The largest absolute Gasteiger partial charge is 0.457 e. The van der Waals surface area contributed by atoms with Gasteiger partial charge >= 0.3 is 0 Å². The van der Waals surface area contributed by atoms with Crippen molar-refractivity contribution in [2.75, 3.05) is 33.2 Å². The first kappa shape index (κ1) is 17.7. The molecule has 1 aliphatic rings. The molecule has 0 spiro atoms. The number of ether oxygens (including phenoxy) is 1. The number of rotatable bonds is 5. The summed E-state index contributed by atoms with van der Waals surface area (Å²) in [5.41, 5.74) is 3.57. The van der Waals surface area contributed by atoms with Crippen molar-refractivity contribution in [3.8, 4) is 22.6 Å². The summed E-state index contributed by atoms with van der Waals surface area (Å²) in [5, 5.41) is 0. The second-order valence-corrected chi connectivity index (χ2v) is 7.10. The molecular weight excluding hydrogens is 334 g/mol. The van der Waals surface area contributed by atoms with Gasteiger partial charge in [0.2, 0.25) is 0 Å². The van der Waals surface area contributed by atoms with E-state index >= 15 is 0 Å². The highest BCUT2D eigenvalue weighted by molar-refractivity contribution is 5.64. The number of nitrogens with zero attached hydrogens (tertiary/aromatic N) is 3. The van der Waals surface area contributed by atoms with Gasteiger partial charge in [0.25, 0.3) is 0 Å². The molecule has 0 unspecified atom stereocenters. The summed E-state index contributed by atoms with van der Waals surface area (Å²) < 4.78 is 5.88. The molecule has 27 heavy (non-hydrogen) atoms. The Hall–Kier alpha value is -2.69. The predicted molar refractivity (Wildman–Crippen MR) is 109 cm³/mol. The topological polar surface area (TPSA) is 28.6 Å². The minimum absolute atomic E-state index is 0.839. The zero-order chi connectivity index (χ0) is 18.5. The van der Waals surface area contributed by atoms with Crippen LogP contribution in [-0.4, -0.2) is 48.0 Å². The third-order valence-corrected chi connectivity index (χ3v) is 4.96. The summed E-state index contributed by atoms with van der Waals surface area (Å²) in [4.78, 5) is 9.34. The van der Waals surface area contributed by atoms with Crippen LogP contribution in [0.3, 0.4) is 0 Å². The lowest BCUT2D eigenvalue weighted by Gasteiger charge is -2.32. The van der Waals surface area contributed by atoms with Gasteiger partial charge in [-0.05, 0) is 48.5 Å². The number of benzene rings is 2. The Morgan fingerprint density at radius 2 is 1.52 bits per heavy atom. The summed E-state index contributed by atoms with van der Waals surface area (Å²) in [6, 6.07) is 20.3. The average Bonchev–Trinajstić information content (AvgIpc) is 2.71. The van der Waals surface area contributed by atoms with Crippen LogP contribution in [0.4, 0.5) is 0 Å². The zero-order valence-corrected chi connectivity index (χ0v) is 15.7. The molecule has 0 atom stereocenters. The maximum atomic E-state index is 5.88. The Labute approximate surface area is 161 Å². The molecular formula is C23H25N3O. The van der Waals surface area contributed by atoms with E-state index in [1.54, 1.807) is 0 Å². The molecule has 1 fully saturated rings. The lowest BCUT2D eigenvalue weighted by atomic mass is 10.1. The molecule has 4 heteroatoms. The van der Waals surface area contributed by atoms with Crippen LogP contribution in [0.1, 0.15) is 5.56 Å². The van der Waals surface area contributed by atoms with Crippen molar-refractivity contribution in [2.24, 2.45) is 0 Å². The Kier molecular flexibility index (Phi) is 5.47. The third-order valence-electron chi connectivity index (χ3n) is 4.96. The summed E-state index contributed by atoms with van der Waals surface area (Å²) in [5.74, 6) is 1.69. The van der Waals surface area contributed by atoms with Crippen molar-refractivity contribution in [2.45, 2.75) is 6.54 Å². The van der Waals surface area contributed by atoms with Crippen molar-refractivity contribution < 1.29 is 4.74 Å². The van der Waals surface area contributed by atoms with Crippen molar-refractivity contribution >= 4 is 0 Å². The Bertz CT molecular complexity index is 856. The molecule has 0 radical (unpaired) electrons. The fraction of sp³-hybridized carbons (Fsp3) is 0.261. The van der Waals surface area contributed by atoms with Crippen LogP contribution < -0.4 is 4.74 Å². The Morgan fingerprint density at radius 1 is 0.815 bits per heavy atom. The summed E-state index contributed by atoms with van der Waals surface area (Å²) >= 11 is 0. The van der Waals surface area contributed by atoms with Crippen molar-refractivity contribution in [3.63, 3.8) is 0 Å². The molecule has 3 aromatic rings. The van der Waals surface area contributed by atoms with Crippen LogP contribution in [0.15, 0.2) is 73.1 Å². The quantitative estimate of drug-likeness (QED) is 0.679. The lowest BCUT2D eigenvalue weighted by molar-refractivity contribution is 0.148. The second kappa shape index (κ2) is 8.33. The van der Waals surface area contributed by atoms with E-state index < -0.39 is 0 Å². The van der Waals surface area contributed by atoms with Gasteiger partial charge in [0.1, 0.15) is 11.5 Å². The predicted octanol–water partition coefficient (Wildman–Crippen LogP) is 4.29. The molecule has 1 aliphatic heterocycles. The SMILES string of the molecule is CN1CCN(Cc2cncc(-c3ccc(Oc4ccccc4)cc3)c2)CC1. The minimum atomic E-state index is 0.839. The molecule has 0 bridgehead atoms. The molecule has 0 amide bonds. The van der Waals surface area contributed by atoms with Crippen LogP contribution in [0.5, 0.6) is 11.5 Å². The van der Waals surface area contributed by atoms with Crippen molar-refractivity contribution in [1.29, 1.82) is 0 Å². The molecule has 138 valence electrons. The Morgan fingerprint density at radius 3 is 2.26 bits per heavy atom. The van der Waals surface area contributed by atoms with Crippen molar-refractivity contribution in [1.82, 2.24) is 14.8 Å². The highest BCUT2D eigenvalue weighted by atomic mass is 16.5. The molecule has 1 aromatic heterocycles. The van der Waals surface area contributed by atoms with Crippen LogP contribution in [0.2, 0.25) is 0 Å². The highest BCUT2D eigenvalue weighted by Crippen LogP contribution is 2.26. The molecule has 2 aromatic carbocycles. The van der Waals surface area contributed by atoms with Gasteiger partial charge in [0.05, 0.1) is 0 Å². The third kappa shape index (κ3) is 4.73. The number of pyridine rings is 1. The zero-order valence-electron chi connectivity index (χ0n) is 15.7. The molecule has 2 heterocycles. The fourth-order valence-corrected chi connectivity index (χ4v) is 3.34. The van der Waals surface area contributed by atoms with E-state index in [2.05, 4.69) is 40.0 Å². The van der Waals surface area contributed by atoms with E-state index in [4.69, 9.17) is 4.74 Å². The fourth-order valence-electron chi connectivity index (χ4n) is 3.34. The monoisotopic (exact) mass is 359 g/mol. The summed E-state index contributed by atoms with van der Waals surface area (Å²) in [6.45, 7) is 5.47. The molecule has 0 saturated carbocycles. The highest BCUT2D eigenvalue weighted by Gasteiger charge is 2.14. The normalized spacial score (nSPS) is 15.6. The molecule has 4 nitrogen and oxygen atoms in total. The van der Waals surface area contributed by atoms with Gasteiger partial charge in [-0.15, -0.1) is 0 Å². The van der Waals surface area contributed by atoms with Crippen LogP contribution >= 0.6 is 0 Å². The second-order valence-electron chi connectivity index (χ2n) is 7.10. The van der Waals surface area contributed by atoms with Crippen LogP contribution in [0, 0.1) is 0 Å². The first-order chi connectivity index (χ1) is 13.3. The van der Waals surface area contributed by atoms with Gasteiger partial charge < -0.3 is 9.64 Å². The molecule has 0 N–H and O–H groups in total. The first-order valence-electron chi connectivity index (χ1n) is 9.44. The number of piperazine rings is 1. The van der Waals surface area contributed by atoms with Gasteiger partial charge in [0, 0.05) is 50.7 Å². The standard InChI is InChI=1S/C23H25N3O/c1-25-11-13-26(14-12-25)18-19-15-21(17-24-16-19)20-7-9-23(10-8-20)27-22-5-3-2-4-6-22/h2-10,15-17H,11-14,18H2,1H3. The maximum Gasteiger partial charge on any atom is 0.127 e. The van der Waals surface area contributed by atoms with Crippen molar-refractivity contribution in [3.05, 3.63) is 78.6 Å². The van der Waals surface area contributed by atoms with Crippen LogP contribution in [-0.2, 0) is 6.54 Å². The number of hydrogen-bond acceptors (Lipinski definition) is 4. The smallest absolute Gasteiger partial charge is 0.127 e. The van der Waals surface area contributed by atoms with E-state index in [1.165, 1.54) is 5.56 Å². The maximum absolute atomic E-state index is 5.88. The summed E-state index contributed by atoms with van der Waals surface area (Å²) in [6.07, 6.45) is 3.91. The minimum Gasteiger partial charge on any atom is -0.457 e. The first-order valence-corrected chi connectivity index (χ1v) is 9.44. The van der Waals surface area contributed by atoms with Crippen LogP contribution in [0.25, 0.3) is 11.1 Å². The molecule has 0 aliphatic carbocycles. The molecule has 1 saturated heterocycles. The number of para-hydroxylation sites is 1. The van der Waals surface area contributed by atoms with E-state index in [1.807, 2.05) is 54.9 Å². The van der Waals surface area contributed by atoms with Gasteiger partial charge in [-0.25, -0.2) is 0 Å². The summed E-state index contributed by atoms with van der Waals surface area (Å²) in [7, 11) is 2.19. The Balaban J connectivity index is 1.44. The molecule has 4 rings (SSSR count). The van der Waals surface area contributed by atoms with E-state index in [0.717, 1.165) is 55.3 Å². The van der Waals surface area contributed by atoms with E-state index in [0.29, 0.717) is 0 Å². The van der Waals surface area contributed by atoms with Gasteiger partial charge in [-0.3, -0.25) is 9.88 Å². The van der Waals surface area contributed by atoms with Gasteiger partial charge in [-0.1, -0.05) is 30.3 Å². The number of aromatic nitrogens is 1. The van der Waals surface area contributed by atoms with Gasteiger partial charge in [0.15, 0.2) is 0 Å². The van der Waals surface area contributed by atoms with E-state index in [-0.39, 0.29) is 0 Å². The lowest BCUT2D eigenvalue weighted by Crippen LogP contribution is -2.43. The average molecular weight is 359 g/mol. The van der Waals surface area contributed by atoms with E-state index in [9.17, 15) is 0 Å². The van der Waals surface area contributed by atoms with Gasteiger partial charge in [-0.2, -0.15) is 0 Å². The number of hydrogen-bond donors (Lipinski definition) is 0.